The highest BCUT2D eigenvalue weighted by molar-refractivity contribution is 6.09. The van der Waals surface area contributed by atoms with Crippen molar-refractivity contribution in [3.63, 3.8) is 0 Å². The van der Waals surface area contributed by atoms with Crippen molar-refractivity contribution >= 4 is 39.9 Å². The van der Waals surface area contributed by atoms with Gasteiger partial charge in [-0.25, -0.2) is 19.7 Å². The van der Waals surface area contributed by atoms with Crippen LogP contribution in [0.3, 0.4) is 0 Å². The maximum Gasteiger partial charge on any atom is 0.412 e. The summed E-state index contributed by atoms with van der Waals surface area (Å²) >= 11 is 0. The van der Waals surface area contributed by atoms with Crippen LogP contribution in [0.2, 0.25) is 0 Å². The Kier molecular flexibility index (Phi) is 4.38. The summed E-state index contributed by atoms with van der Waals surface area (Å²) < 4.78 is 1.83. The van der Waals surface area contributed by atoms with Crippen LogP contribution in [-0.4, -0.2) is 48.7 Å². The van der Waals surface area contributed by atoms with Gasteiger partial charge in [-0.3, -0.25) is 9.69 Å². The Bertz CT molecular complexity index is 1260. The van der Waals surface area contributed by atoms with Gasteiger partial charge in [-0.1, -0.05) is 6.07 Å². The molecule has 0 spiro atoms. The molecule has 29 heavy (non-hydrogen) atoms. The number of rotatable bonds is 4. The lowest BCUT2D eigenvalue weighted by atomic mass is 10.2. The Morgan fingerprint density at radius 1 is 1.31 bits per heavy atom. The van der Waals surface area contributed by atoms with E-state index in [-0.39, 0.29) is 11.7 Å². The van der Waals surface area contributed by atoms with Gasteiger partial charge in [-0.15, -0.1) is 0 Å². The molecule has 4 rings (SSSR count). The topological polar surface area (TPSA) is 129 Å². The first-order valence-corrected chi connectivity index (χ1v) is 8.86. The first-order chi connectivity index (χ1) is 13.8. The maximum atomic E-state index is 11.5. The molecule has 0 bridgehead atoms. The molecule has 0 aliphatic rings. The molecule has 0 unspecified atom stereocenters. The van der Waals surface area contributed by atoms with Gasteiger partial charge in [0.2, 0.25) is 5.91 Å². The fourth-order valence-corrected chi connectivity index (χ4v) is 3.19. The number of nitrogens with one attached hydrogen (secondary N) is 2. The summed E-state index contributed by atoms with van der Waals surface area (Å²) in [6, 6.07) is 7.47. The van der Waals surface area contributed by atoms with E-state index in [2.05, 4.69) is 25.3 Å². The van der Waals surface area contributed by atoms with Crippen molar-refractivity contribution in [1.29, 1.82) is 0 Å². The minimum atomic E-state index is -1.12. The summed E-state index contributed by atoms with van der Waals surface area (Å²) in [5, 5.41) is 12.9. The van der Waals surface area contributed by atoms with Crippen molar-refractivity contribution in [3.8, 4) is 11.4 Å². The minimum absolute atomic E-state index is 0.124. The number of carbonyl (C=O) groups is 2. The van der Waals surface area contributed by atoms with Gasteiger partial charge in [-0.05, 0) is 18.2 Å². The number of hydrogen-bond acceptors (Lipinski definition) is 5. The molecular formula is C19H19N7O3. The average molecular weight is 393 g/mol. The van der Waals surface area contributed by atoms with E-state index in [0.717, 1.165) is 27.2 Å². The second-order valence-electron chi connectivity index (χ2n) is 6.70. The molecule has 0 radical (unpaired) electrons. The molecule has 0 aliphatic heterocycles. The summed E-state index contributed by atoms with van der Waals surface area (Å²) in [4.78, 5) is 40.3. The van der Waals surface area contributed by atoms with E-state index >= 15 is 0 Å². The molecule has 4 aromatic heterocycles. The standard InChI is InChI=1S/C19H19N7O3/c1-10(27)20-8-11-5-4-6-13(22-11)14-7-12-16-15(21-9-25(16)2)18(24-17(12)23-14)26(3)19(28)29/h4-7,9H,8H2,1-3H3,(H,20,27)(H,23,24)(H,28,29). The summed E-state index contributed by atoms with van der Waals surface area (Å²) in [5.41, 5.74) is 3.96. The monoisotopic (exact) mass is 393 g/mol. The van der Waals surface area contributed by atoms with E-state index in [9.17, 15) is 14.7 Å². The number of imidazole rings is 1. The van der Waals surface area contributed by atoms with Gasteiger partial charge >= 0.3 is 6.09 Å². The second kappa shape index (κ2) is 6.89. The van der Waals surface area contributed by atoms with Gasteiger partial charge in [0.05, 0.1) is 35.5 Å². The van der Waals surface area contributed by atoms with E-state index in [1.807, 2.05) is 35.9 Å². The van der Waals surface area contributed by atoms with Crippen molar-refractivity contribution < 1.29 is 14.7 Å². The Hall–Kier alpha value is -3.95. The normalized spacial score (nSPS) is 11.1. The van der Waals surface area contributed by atoms with Crippen molar-refractivity contribution in [2.24, 2.45) is 7.05 Å². The zero-order valence-electron chi connectivity index (χ0n) is 16.1. The van der Waals surface area contributed by atoms with Crippen LogP contribution in [0.4, 0.5) is 10.6 Å². The van der Waals surface area contributed by atoms with Gasteiger partial charge in [-0.2, -0.15) is 0 Å². The fourth-order valence-electron chi connectivity index (χ4n) is 3.19. The molecule has 0 atom stereocenters. The van der Waals surface area contributed by atoms with Crippen LogP contribution in [0.25, 0.3) is 33.5 Å². The molecule has 0 saturated heterocycles. The first-order valence-electron chi connectivity index (χ1n) is 8.86. The zero-order chi connectivity index (χ0) is 20.7. The van der Waals surface area contributed by atoms with Crippen molar-refractivity contribution in [3.05, 3.63) is 36.3 Å². The Balaban J connectivity index is 1.86. The van der Waals surface area contributed by atoms with Gasteiger partial charge in [0.1, 0.15) is 11.2 Å². The highest BCUT2D eigenvalue weighted by Crippen LogP contribution is 2.32. The number of aromatic amines is 1. The van der Waals surface area contributed by atoms with E-state index < -0.39 is 6.09 Å². The number of aryl methyl sites for hydroxylation is 1. The quantitative estimate of drug-likeness (QED) is 0.488. The summed E-state index contributed by atoms with van der Waals surface area (Å²) in [6.07, 6.45) is 0.507. The molecule has 4 heterocycles. The largest absolute Gasteiger partial charge is 0.465 e. The Labute approximate surface area is 165 Å². The Morgan fingerprint density at radius 3 is 2.83 bits per heavy atom. The van der Waals surface area contributed by atoms with Crippen molar-refractivity contribution in [2.75, 3.05) is 11.9 Å². The number of H-pyrrole nitrogens is 1. The number of pyridine rings is 2. The zero-order valence-corrected chi connectivity index (χ0v) is 16.1. The Morgan fingerprint density at radius 2 is 2.10 bits per heavy atom. The third-order valence-electron chi connectivity index (χ3n) is 4.62. The van der Waals surface area contributed by atoms with Crippen LogP contribution in [0, 0.1) is 0 Å². The van der Waals surface area contributed by atoms with Crippen molar-refractivity contribution in [1.82, 2.24) is 29.8 Å². The van der Waals surface area contributed by atoms with Gasteiger partial charge in [0, 0.05) is 26.4 Å². The van der Waals surface area contributed by atoms with E-state index in [0.29, 0.717) is 23.4 Å². The lowest BCUT2D eigenvalue weighted by Gasteiger charge is -2.12. The average Bonchev–Trinajstić information content (AvgIpc) is 3.29. The molecule has 10 heteroatoms. The lowest BCUT2D eigenvalue weighted by molar-refractivity contribution is -0.119. The number of anilines is 1. The number of carbonyl (C=O) groups excluding carboxylic acids is 1. The molecule has 3 N–H and O–H groups in total. The molecule has 10 nitrogen and oxygen atoms in total. The van der Waals surface area contributed by atoms with Gasteiger partial charge in [0.15, 0.2) is 5.82 Å². The molecule has 0 aliphatic carbocycles. The lowest BCUT2D eigenvalue weighted by Crippen LogP contribution is -2.25. The summed E-state index contributed by atoms with van der Waals surface area (Å²) in [6.45, 7) is 1.79. The van der Waals surface area contributed by atoms with Crippen LogP contribution in [-0.2, 0) is 18.4 Å². The van der Waals surface area contributed by atoms with Crippen LogP contribution in [0.5, 0.6) is 0 Å². The highest BCUT2D eigenvalue weighted by atomic mass is 16.4. The third kappa shape index (κ3) is 3.24. The molecule has 0 fully saturated rings. The van der Waals surface area contributed by atoms with Gasteiger partial charge < -0.3 is 20.0 Å². The summed E-state index contributed by atoms with van der Waals surface area (Å²) in [5.74, 6) is 0.127. The number of nitrogens with zero attached hydrogens (tertiary/aromatic N) is 5. The number of hydrogen-bond donors (Lipinski definition) is 3. The molecule has 2 amide bonds. The molecule has 148 valence electrons. The molecular weight excluding hydrogens is 374 g/mol. The first kappa shape index (κ1) is 18.4. The highest BCUT2D eigenvalue weighted by Gasteiger charge is 2.21. The number of carboxylic acid groups (broad SMARTS) is 1. The summed E-state index contributed by atoms with van der Waals surface area (Å²) in [7, 11) is 3.28. The van der Waals surface area contributed by atoms with E-state index in [1.54, 1.807) is 6.33 Å². The molecule has 4 aromatic rings. The second-order valence-corrected chi connectivity index (χ2v) is 6.70. The molecule has 0 saturated carbocycles. The predicted molar refractivity (Wildman–Crippen MR) is 108 cm³/mol. The predicted octanol–water partition coefficient (Wildman–Crippen LogP) is 2.26. The van der Waals surface area contributed by atoms with Crippen LogP contribution in [0.15, 0.2) is 30.6 Å². The van der Waals surface area contributed by atoms with E-state index in [1.165, 1.54) is 14.0 Å². The van der Waals surface area contributed by atoms with E-state index in [4.69, 9.17) is 0 Å². The van der Waals surface area contributed by atoms with Gasteiger partial charge in [0.25, 0.3) is 0 Å². The maximum absolute atomic E-state index is 11.5. The van der Waals surface area contributed by atoms with Crippen molar-refractivity contribution in [2.45, 2.75) is 13.5 Å². The third-order valence-corrected chi connectivity index (χ3v) is 4.62. The number of amides is 2. The minimum Gasteiger partial charge on any atom is -0.465 e. The fraction of sp³-hybridized carbons (Fsp3) is 0.211. The van der Waals surface area contributed by atoms with Crippen LogP contribution >= 0.6 is 0 Å². The van der Waals surface area contributed by atoms with Crippen LogP contribution in [0.1, 0.15) is 12.6 Å². The molecule has 0 aromatic carbocycles. The van der Waals surface area contributed by atoms with Crippen LogP contribution < -0.4 is 10.2 Å². The smallest absolute Gasteiger partial charge is 0.412 e. The number of aromatic nitrogens is 5. The SMILES string of the molecule is CC(=O)NCc1cccc(-c2cc3c(nc(N(C)C(=O)O)c4ncn(C)c43)[nH]2)n1. The number of fused-ring (bicyclic) bond motifs is 3.